The van der Waals surface area contributed by atoms with E-state index in [9.17, 15) is 13.2 Å². The molecule has 0 unspecified atom stereocenters. The predicted molar refractivity (Wildman–Crippen MR) is 128 cm³/mol. The van der Waals surface area contributed by atoms with Gasteiger partial charge in [0.05, 0.1) is 4.90 Å². The highest BCUT2D eigenvalue weighted by Gasteiger charge is 2.19. The molecule has 3 aromatic rings. The monoisotopic (exact) mass is 451 g/mol. The maximum absolute atomic E-state index is 13.1. The molecule has 0 aliphatic rings. The molecule has 0 aliphatic carbocycles. The van der Waals surface area contributed by atoms with E-state index >= 15 is 0 Å². The molecule has 0 saturated heterocycles. The molecule has 3 aromatic carbocycles. The van der Waals surface area contributed by atoms with E-state index in [1.54, 1.807) is 17.0 Å². The van der Waals surface area contributed by atoms with Gasteiger partial charge in [-0.25, -0.2) is 13.1 Å². The van der Waals surface area contributed by atoms with Crippen LogP contribution in [0.1, 0.15) is 28.4 Å². The lowest BCUT2D eigenvalue weighted by Crippen LogP contribution is -2.30. The molecule has 0 saturated carbocycles. The molecule has 0 aliphatic heterocycles. The normalized spacial score (nSPS) is 11.2. The summed E-state index contributed by atoms with van der Waals surface area (Å²) in [5.41, 5.74) is 3.31. The van der Waals surface area contributed by atoms with E-state index in [1.165, 1.54) is 12.1 Å². The van der Waals surface area contributed by atoms with Gasteiger partial charge in [0.15, 0.2) is 0 Å². The minimum absolute atomic E-state index is 0.0747. The van der Waals surface area contributed by atoms with Gasteiger partial charge in [-0.3, -0.25) is 4.79 Å². The lowest BCUT2D eigenvalue weighted by molar-refractivity contribution is 0.0752. The predicted octanol–water partition coefficient (Wildman–Crippen LogP) is 3.89. The van der Waals surface area contributed by atoms with Gasteiger partial charge in [0, 0.05) is 45.0 Å². The van der Waals surface area contributed by atoms with Crippen LogP contribution >= 0.6 is 0 Å². The molecule has 0 atom stereocenters. The van der Waals surface area contributed by atoms with E-state index in [0.29, 0.717) is 18.7 Å². The molecule has 0 bridgehead atoms. The first-order chi connectivity index (χ1) is 15.3. The Bertz CT molecular complexity index is 1140. The van der Waals surface area contributed by atoms with Crippen molar-refractivity contribution in [3.8, 4) is 0 Å². The molecule has 32 heavy (non-hydrogen) atoms. The third kappa shape index (κ3) is 5.96. The van der Waals surface area contributed by atoms with Crippen molar-refractivity contribution in [2.75, 3.05) is 25.5 Å². The summed E-state index contributed by atoms with van der Waals surface area (Å²) in [6.45, 7) is 3.06. The minimum atomic E-state index is -3.74. The Hall–Kier alpha value is -3.16. The zero-order valence-electron chi connectivity index (χ0n) is 18.7. The van der Waals surface area contributed by atoms with Crippen LogP contribution in [0.25, 0.3) is 0 Å². The molecule has 7 heteroatoms. The number of hydrogen-bond acceptors (Lipinski definition) is 4. The summed E-state index contributed by atoms with van der Waals surface area (Å²) in [7, 11) is 0.213. The Morgan fingerprint density at radius 3 is 2.19 bits per heavy atom. The van der Waals surface area contributed by atoms with Crippen molar-refractivity contribution in [3.63, 3.8) is 0 Å². The second-order valence-electron chi connectivity index (χ2n) is 7.72. The number of carbonyl (C=O) groups is 1. The van der Waals surface area contributed by atoms with Crippen LogP contribution < -0.4 is 9.62 Å². The number of rotatable bonds is 9. The molecular formula is C25H29N3O3S. The highest BCUT2D eigenvalue weighted by atomic mass is 32.2. The number of sulfonamides is 1. The molecule has 0 radical (unpaired) electrons. The number of benzene rings is 3. The van der Waals surface area contributed by atoms with Crippen LogP contribution in [0.5, 0.6) is 0 Å². The first-order valence-electron chi connectivity index (χ1n) is 10.5. The minimum Gasteiger partial charge on any atom is -0.378 e. The Balaban J connectivity index is 1.73. The average Bonchev–Trinajstić information content (AvgIpc) is 2.82. The summed E-state index contributed by atoms with van der Waals surface area (Å²) < 4.78 is 28.1. The quantitative estimate of drug-likeness (QED) is 0.536. The largest absolute Gasteiger partial charge is 0.378 e. The highest BCUT2D eigenvalue weighted by molar-refractivity contribution is 7.89. The topological polar surface area (TPSA) is 69.7 Å². The number of anilines is 1. The van der Waals surface area contributed by atoms with Gasteiger partial charge >= 0.3 is 0 Å². The van der Waals surface area contributed by atoms with E-state index in [0.717, 1.165) is 16.8 Å². The summed E-state index contributed by atoms with van der Waals surface area (Å²) >= 11 is 0. The summed E-state index contributed by atoms with van der Waals surface area (Å²) in [5.74, 6) is -0.204. The van der Waals surface area contributed by atoms with Crippen molar-refractivity contribution in [2.45, 2.75) is 24.9 Å². The van der Waals surface area contributed by atoms with Gasteiger partial charge < -0.3 is 9.80 Å². The molecule has 0 spiro atoms. The number of carbonyl (C=O) groups excluding carboxylic acids is 1. The van der Waals surface area contributed by atoms with Crippen LogP contribution in [-0.2, 0) is 23.1 Å². The zero-order valence-corrected chi connectivity index (χ0v) is 19.5. The van der Waals surface area contributed by atoms with Crippen LogP contribution in [0, 0.1) is 0 Å². The maximum atomic E-state index is 13.1. The Kier molecular flexibility index (Phi) is 7.66. The summed E-state index contributed by atoms with van der Waals surface area (Å²) in [4.78, 5) is 16.9. The fourth-order valence-corrected chi connectivity index (χ4v) is 4.35. The fraction of sp³-hybridized carbons (Fsp3) is 0.240. The summed E-state index contributed by atoms with van der Waals surface area (Å²) in [5, 5.41) is 0. The number of hydrogen-bond donors (Lipinski definition) is 1. The Morgan fingerprint density at radius 1 is 0.875 bits per heavy atom. The third-order valence-corrected chi connectivity index (χ3v) is 6.59. The molecular weight excluding hydrogens is 422 g/mol. The summed E-state index contributed by atoms with van der Waals surface area (Å²) in [6.07, 6.45) is 0. The molecule has 0 heterocycles. The van der Waals surface area contributed by atoms with Gasteiger partial charge in [-0.1, -0.05) is 48.5 Å². The Morgan fingerprint density at radius 2 is 1.56 bits per heavy atom. The Labute approximate surface area is 190 Å². The van der Waals surface area contributed by atoms with Gasteiger partial charge in [0.2, 0.25) is 10.0 Å². The second-order valence-corrected chi connectivity index (χ2v) is 9.49. The molecule has 3 rings (SSSR count). The zero-order chi connectivity index (χ0) is 23.1. The van der Waals surface area contributed by atoms with Gasteiger partial charge in [-0.15, -0.1) is 0 Å². The van der Waals surface area contributed by atoms with Crippen LogP contribution in [0.3, 0.4) is 0 Å². The van der Waals surface area contributed by atoms with Gasteiger partial charge in [-0.05, 0) is 48.4 Å². The van der Waals surface area contributed by atoms with Crippen molar-refractivity contribution >= 4 is 21.6 Å². The first-order valence-corrected chi connectivity index (χ1v) is 12.0. The molecule has 6 nitrogen and oxygen atoms in total. The molecule has 1 amide bonds. The van der Waals surface area contributed by atoms with Crippen molar-refractivity contribution < 1.29 is 13.2 Å². The van der Waals surface area contributed by atoms with Crippen LogP contribution in [0.2, 0.25) is 0 Å². The fourth-order valence-electron chi connectivity index (χ4n) is 3.28. The van der Waals surface area contributed by atoms with Crippen molar-refractivity contribution in [1.29, 1.82) is 0 Å². The van der Waals surface area contributed by atoms with E-state index < -0.39 is 10.0 Å². The van der Waals surface area contributed by atoms with Crippen molar-refractivity contribution in [1.82, 2.24) is 9.62 Å². The number of nitrogens with zero attached hydrogens (tertiary/aromatic N) is 2. The van der Waals surface area contributed by atoms with E-state index in [2.05, 4.69) is 4.72 Å². The maximum Gasteiger partial charge on any atom is 0.254 e. The van der Waals surface area contributed by atoms with Crippen LogP contribution in [-0.4, -0.2) is 39.9 Å². The van der Waals surface area contributed by atoms with Gasteiger partial charge in [0.1, 0.15) is 0 Å². The van der Waals surface area contributed by atoms with E-state index in [4.69, 9.17) is 0 Å². The summed E-state index contributed by atoms with van der Waals surface area (Å²) in [6, 6.07) is 23.5. The highest BCUT2D eigenvalue weighted by Crippen LogP contribution is 2.17. The number of amides is 1. The van der Waals surface area contributed by atoms with E-state index in [-0.39, 0.29) is 17.3 Å². The molecule has 1 N–H and O–H groups in total. The second kappa shape index (κ2) is 10.4. The molecule has 0 aromatic heterocycles. The number of nitrogens with one attached hydrogen (secondary N) is 1. The standard InChI is InChI=1S/C25H29N3O3S/c1-4-28(19-21-13-15-23(16-14-21)27(2)3)25(29)22-11-8-12-24(17-22)32(30,31)26-18-20-9-6-5-7-10-20/h5-17,26H,4,18-19H2,1-3H3. The first kappa shape index (κ1) is 23.5. The van der Waals surface area contributed by atoms with Crippen molar-refractivity contribution in [3.05, 3.63) is 95.6 Å². The SMILES string of the molecule is CCN(Cc1ccc(N(C)C)cc1)C(=O)c1cccc(S(=O)(=O)NCc2ccccc2)c1. The smallest absolute Gasteiger partial charge is 0.254 e. The molecule has 0 fully saturated rings. The lowest BCUT2D eigenvalue weighted by atomic mass is 10.1. The van der Waals surface area contributed by atoms with Gasteiger partial charge in [0.25, 0.3) is 5.91 Å². The van der Waals surface area contributed by atoms with E-state index in [1.807, 2.05) is 80.5 Å². The van der Waals surface area contributed by atoms with Crippen LogP contribution in [0.4, 0.5) is 5.69 Å². The van der Waals surface area contributed by atoms with Crippen molar-refractivity contribution in [2.24, 2.45) is 0 Å². The average molecular weight is 452 g/mol. The molecule has 168 valence electrons. The lowest BCUT2D eigenvalue weighted by Gasteiger charge is -2.22. The van der Waals surface area contributed by atoms with Gasteiger partial charge in [-0.2, -0.15) is 0 Å². The third-order valence-electron chi connectivity index (χ3n) is 5.20. The van der Waals surface area contributed by atoms with Crippen LogP contribution in [0.15, 0.2) is 83.8 Å².